The lowest BCUT2D eigenvalue weighted by Crippen LogP contribution is -1.90. The van der Waals surface area contributed by atoms with Gasteiger partial charge in [0.25, 0.3) is 5.89 Å². The molecule has 0 saturated heterocycles. The number of anilines is 1. The molecule has 0 saturated carbocycles. The van der Waals surface area contributed by atoms with E-state index in [-0.39, 0.29) is 0 Å². The molecule has 1 heterocycles. The molecule has 2 aromatic carbocycles. The standard InChI is InChI=1S/C15H12ClN3O/c1-9-3-2-4-10(7-9)14-18-15(20-19-14)12-8-11(16)5-6-13(12)17/h2-8H,17H2,1H3. The van der Waals surface area contributed by atoms with Crippen molar-refractivity contribution < 1.29 is 4.52 Å². The van der Waals surface area contributed by atoms with Crippen LogP contribution in [0.5, 0.6) is 0 Å². The molecule has 0 bridgehead atoms. The third-order valence-electron chi connectivity index (χ3n) is 2.95. The van der Waals surface area contributed by atoms with E-state index in [0.29, 0.717) is 28.0 Å². The van der Waals surface area contributed by atoms with Gasteiger partial charge in [0.05, 0.1) is 5.56 Å². The van der Waals surface area contributed by atoms with Crippen molar-refractivity contribution in [3.8, 4) is 22.8 Å². The molecule has 2 N–H and O–H groups in total. The van der Waals surface area contributed by atoms with Crippen molar-refractivity contribution in [3.63, 3.8) is 0 Å². The minimum absolute atomic E-state index is 0.363. The lowest BCUT2D eigenvalue weighted by molar-refractivity contribution is 0.432. The average molecular weight is 286 g/mol. The maximum absolute atomic E-state index is 5.97. The Hall–Kier alpha value is -2.33. The van der Waals surface area contributed by atoms with Crippen molar-refractivity contribution in [1.29, 1.82) is 0 Å². The van der Waals surface area contributed by atoms with Gasteiger partial charge in [0.15, 0.2) is 0 Å². The molecule has 0 spiro atoms. The van der Waals surface area contributed by atoms with E-state index in [1.54, 1.807) is 18.2 Å². The van der Waals surface area contributed by atoms with Gasteiger partial charge in [-0.05, 0) is 31.2 Å². The molecule has 0 unspecified atom stereocenters. The van der Waals surface area contributed by atoms with Gasteiger partial charge >= 0.3 is 0 Å². The van der Waals surface area contributed by atoms with Gasteiger partial charge in [0.2, 0.25) is 5.82 Å². The van der Waals surface area contributed by atoms with Gasteiger partial charge in [-0.2, -0.15) is 4.98 Å². The van der Waals surface area contributed by atoms with Gasteiger partial charge < -0.3 is 10.3 Å². The molecule has 5 heteroatoms. The summed E-state index contributed by atoms with van der Waals surface area (Å²) in [5.74, 6) is 0.893. The topological polar surface area (TPSA) is 64.9 Å². The van der Waals surface area contributed by atoms with Gasteiger partial charge in [-0.15, -0.1) is 0 Å². The molecule has 1 aromatic heterocycles. The van der Waals surface area contributed by atoms with Gasteiger partial charge in [-0.1, -0.05) is 40.5 Å². The number of aryl methyl sites for hydroxylation is 1. The first-order valence-corrected chi connectivity index (χ1v) is 6.47. The summed E-state index contributed by atoms with van der Waals surface area (Å²) in [6.07, 6.45) is 0. The van der Waals surface area contributed by atoms with E-state index in [2.05, 4.69) is 10.1 Å². The Morgan fingerprint density at radius 1 is 1.15 bits per heavy atom. The second kappa shape index (κ2) is 4.98. The molecule has 20 heavy (non-hydrogen) atoms. The minimum atomic E-state index is 0.363. The highest BCUT2D eigenvalue weighted by Crippen LogP contribution is 2.29. The van der Waals surface area contributed by atoms with Crippen molar-refractivity contribution in [3.05, 3.63) is 53.1 Å². The monoisotopic (exact) mass is 285 g/mol. The predicted molar refractivity (Wildman–Crippen MR) is 79.3 cm³/mol. The zero-order valence-electron chi connectivity index (χ0n) is 10.8. The van der Waals surface area contributed by atoms with E-state index < -0.39 is 0 Å². The zero-order chi connectivity index (χ0) is 14.1. The molecule has 0 atom stereocenters. The number of hydrogen-bond donors (Lipinski definition) is 1. The Balaban J connectivity index is 2.04. The fourth-order valence-corrected chi connectivity index (χ4v) is 2.12. The summed E-state index contributed by atoms with van der Waals surface area (Å²) in [6, 6.07) is 13.0. The maximum Gasteiger partial charge on any atom is 0.260 e. The Labute approximate surface area is 121 Å². The Kier molecular flexibility index (Phi) is 3.16. The highest BCUT2D eigenvalue weighted by Gasteiger charge is 2.13. The van der Waals surface area contributed by atoms with Gasteiger partial charge in [0, 0.05) is 16.3 Å². The van der Waals surface area contributed by atoms with Crippen LogP contribution < -0.4 is 5.73 Å². The average Bonchev–Trinajstić information content (AvgIpc) is 2.91. The normalized spacial score (nSPS) is 10.7. The van der Waals surface area contributed by atoms with Crippen molar-refractivity contribution in [2.75, 3.05) is 5.73 Å². The molecule has 0 aliphatic carbocycles. The molecule has 4 nitrogen and oxygen atoms in total. The number of hydrogen-bond acceptors (Lipinski definition) is 4. The Morgan fingerprint density at radius 3 is 2.80 bits per heavy atom. The summed E-state index contributed by atoms with van der Waals surface area (Å²) < 4.78 is 5.28. The summed E-state index contributed by atoms with van der Waals surface area (Å²) >= 11 is 5.97. The van der Waals surface area contributed by atoms with E-state index in [1.807, 2.05) is 31.2 Å². The largest absolute Gasteiger partial charge is 0.398 e. The molecule has 0 aliphatic rings. The number of halogens is 1. The summed E-state index contributed by atoms with van der Waals surface area (Å²) in [5, 5.41) is 4.56. The molecule has 100 valence electrons. The summed E-state index contributed by atoms with van der Waals surface area (Å²) in [4.78, 5) is 4.38. The van der Waals surface area contributed by atoms with Crippen LogP contribution in [0.4, 0.5) is 5.69 Å². The highest BCUT2D eigenvalue weighted by atomic mass is 35.5. The van der Waals surface area contributed by atoms with Crippen LogP contribution in [0.2, 0.25) is 5.02 Å². The predicted octanol–water partition coefficient (Wildman–Crippen LogP) is 3.95. The van der Waals surface area contributed by atoms with Crippen molar-refractivity contribution in [1.82, 2.24) is 10.1 Å². The van der Waals surface area contributed by atoms with E-state index >= 15 is 0 Å². The van der Waals surface area contributed by atoms with Crippen LogP contribution in [0.1, 0.15) is 5.56 Å². The maximum atomic E-state index is 5.97. The SMILES string of the molecule is Cc1cccc(-c2noc(-c3cc(Cl)ccc3N)n2)c1. The van der Waals surface area contributed by atoms with Crippen LogP contribution in [0.3, 0.4) is 0 Å². The van der Waals surface area contributed by atoms with Gasteiger partial charge in [-0.3, -0.25) is 0 Å². The first-order valence-electron chi connectivity index (χ1n) is 6.09. The second-order valence-corrected chi connectivity index (χ2v) is 4.96. The first kappa shape index (κ1) is 12.7. The van der Waals surface area contributed by atoms with E-state index in [1.165, 1.54) is 0 Å². The smallest absolute Gasteiger partial charge is 0.260 e. The third-order valence-corrected chi connectivity index (χ3v) is 3.18. The number of rotatable bonds is 2. The molecule has 0 amide bonds. The molecule has 0 fully saturated rings. The Morgan fingerprint density at radius 2 is 2.00 bits per heavy atom. The number of aromatic nitrogens is 2. The van der Waals surface area contributed by atoms with Crippen LogP contribution >= 0.6 is 11.6 Å². The molecular weight excluding hydrogens is 274 g/mol. The first-order chi connectivity index (χ1) is 9.63. The fraction of sp³-hybridized carbons (Fsp3) is 0.0667. The number of benzene rings is 2. The lowest BCUT2D eigenvalue weighted by atomic mass is 10.1. The highest BCUT2D eigenvalue weighted by molar-refractivity contribution is 6.31. The number of nitrogen functional groups attached to an aromatic ring is 1. The molecule has 3 rings (SSSR count). The van der Waals surface area contributed by atoms with E-state index in [9.17, 15) is 0 Å². The van der Waals surface area contributed by atoms with E-state index in [4.69, 9.17) is 21.9 Å². The van der Waals surface area contributed by atoms with Gasteiger partial charge in [-0.25, -0.2) is 0 Å². The van der Waals surface area contributed by atoms with E-state index in [0.717, 1.165) is 11.1 Å². The van der Waals surface area contributed by atoms with Crippen molar-refractivity contribution in [2.24, 2.45) is 0 Å². The van der Waals surface area contributed by atoms with Crippen LogP contribution in [0.25, 0.3) is 22.8 Å². The van der Waals surface area contributed by atoms with Crippen LogP contribution in [0.15, 0.2) is 47.0 Å². The molecule has 0 aliphatic heterocycles. The lowest BCUT2D eigenvalue weighted by Gasteiger charge is -2.00. The fourth-order valence-electron chi connectivity index (χ4n) is 1.95. The third kappa shape index (κ3) is 2.38. The summed E-state index contributed by atoms with van der Waals surface area (Å²) in [7, 11) is 0. The van der Waals surface area contributed by atoms with Gasteiger partial charge in [0.1, 0.15) is 0 Å². The van der Waals surface area contributed by atoms with Crippen LogP contribution in [-0.2, 0) is 0 Å². The Bertz CT molecular complexity index is 767. The zero-order valence-corrected chi connectivity index (χ0v) is 11.6. The number of nitrogens with zero attached hydrogens (tertiary/aromatic N) is 2. The van der Waals surface area contributed by atoms with Crippen LogP contribution in [-0.4, -0.2) is 10.1 Å². The van der Waals surface area contributed by atoms with Crippen molar-refractivity contribution in [2.45, 2.75) is 6.92 Å². The number of nitrogens with two attached hydrogens (primary N) is 1. The summed E-state index contributed by atoms with van der Waals surface area (Å²) in [5.41, 5.74) is 9.14. The van der Waals surface area contributed by atoms with Crippen molar-refractivity contribution >= 4 is 17.3 Å². The molecule has 3 aromatic rings. The molecule has 0 radical (unpaired) electrons. The quantitative estimate of drug-likeness (QED) is 0.724. The minimum Gasteiger partial charge on any atom is -0.398 e. The van der Waals surface area contributed by atoms with Crippen LogP contribution in [0, 0.1) is 6.92 Å². The summed E-state index contributed by atoms with van der Waals surface area (Å²) in [6.45, 7) is 2.01. The second-order valence-electron chi connectivity index (χ2n) is 4.52. The molecular formula is C15H12ClN3O.